The van der Waals surface area contributed by atoms with Crippen LogP contribution in [0.25, 0.3) is 16.8 Å². The lowest BCUT2D eigenvalue weighted by Gasteiger charge is -2.36. The molecule has 1 aliphatic rings. The Balaban J connectivity index is 1.62. The molecule has 0 amide bonds. The van der Waals surface area contributed by atoms with Crippen LogP contribution in [0.3, 0.4) is 0 Å². The number of aldehydes is 1. The molecule has 9 heteroatoms. The summed E-state index contributed by atoms with van der Waals surface area (Å²) in [5, 5.41) is 2.90. The number of aryl methyl sites for hydroxylation is 1. The van der Waals surface area contributed by atoms with Crippen LogP contribution in [0.15, 0.2) is 41.7 Å². The number of ether oxygens (including phenoxy) is 1. The lowest BCUT2D eigenvalue weighted by molar-refractivity contribution is 0.0836. The SMILES string of the molecule is CN/C(=N\c1ccc(-c2cc(F)c3nc(C)cn3c2)cc1C=O)C1(F)CCN(CCOC)CC1. The molecule has 1 fully saturated rings. The van der Waals surface area contributed by atoms with Gasteiger partial charge in [-0.25, -0.2) is 18.8 Å². The maximum Gasteiger partial charge on any atom is 0.173 e. The number of rotatable bonds is 7. The van der Waals surface area contributed by atoms with Gasteiger partial charge in [-0.1, -0.05) is 6.07 Å². The average Bonchev–Trinajstić information content (AvgIpc) is 3.23. The van der Waals surface area contributed by atoms with Gasteiger partial charge in [0.25, 0.3) is 0 Å². The zero-order valence-electron chi connectivity index (χ0n) is 19.6. The van der Waals surface area contributed by atoms with Crippen molar-refractivity contribution in [3.8, 4) is 11.1 Å². The second-order valence-corrected chi connectivity index (χ2v) is 8.59. The highest BCUT2D eigenvalue weighted by molar-refractivity contribution is 5.95. The molecular weight excluding hydrogens is 440 g/mol. The number of carbonyl (C=O) groups excluding carboxylic acids is 1. The van der Waals surface area contributed by atoms with E-state index in [0.717, 1.165) is 6.54 Å². The van der Waals surface area contributed by atoms with Gasteiger partial charge in [0.2, 0.25) is 0 Å². The molecule has 7 nitrogen and oxygen atoms in total. The highest BCUT2D eigenvalue weighted by Gasteiger charge is 2.39. The quantitative estimate of drug-likeness (QED) is 0.322. The van der Waals surface area contributed by atoms with Crippen molar-refractivity contribution >= 4 is 23.5 Å². The number of halogens is 2. The fourth-order valence-corrected chi connectivity index (χ4v) is 4.36. The van der Waals surface area contributed by atoms with Crippen LogP contribution in [0.1, 0.15) is 28.9 Å². The lowest BCUT2D eigenvalue weighted by Crippen LogP contribution is -2.50. The molecule has 1 saturated heterocycles. The summed E-state index contributed by atoms with van der Waals surface area (Å²) in [5.41, 5.74) is 1.26. The second kappa shape index (κ2) is 9.99. The molecule has 3 aromatic rings. The molecule has 2 aromatic heterocycles. The summed E-state index contributed by atoms with van der Waals surface area (Å²) in [6.45, 7) is 4.37. The molecule has 1 N–H and O–H groups in total. The third kappa shape index (κ3) is 4.85. The average molecular weight is 470 g/mol. The minimum absolute atomic E-state index is 0.205. The Labute approximate surface area is 197 Å². The number of imidazole rings is 1. The Kier molecular flexibility index (Phi) is 7.04. The van der Waals surface area contributed by atoms with Gasteiger partial charge in [-0.3, -0.25) is 4.79 Å². The van der Waals surface area contributed by atoms with Gasteiger partial charge in [-0.2, -0.15) is 0 Å². The number of hydrogen-bond acceptors (Lipinski definition) is 5. The summed E-state index contributed by atoms with van der Waals surface area (Å²) in [6, 6.07) is 6.44. The molecule has 0 saturated carbocycles. The van der Waals surface area contributed by atoms with E-state index in [1.807, 2.05) is 0 Å². The number of pyridine rings is 1. The number of hydrogen-bond donors (Lipinski definition) is 1. The Morgan fingerprint density at radius 3 is 2.71 bits per heavy atom. The van der Waals surface area contributed by atoms with Crippen molar-refractivity contribution in [2.24, 2.45) is 4.99 Å². The van der Waals surface area contributed by atoms with E-state index in [0.29, 0.717) is 66.9 Å². The number of benzene rings is 1. The number of nitrogens with one attached hydrogen (secondary N) is 1. The summed E-state index contributed by atoms with van der Waals surface area (Å²) in [4.78, 5) is 22.7. The first-order valence-electron chi connectivity index (χ1n) is 11.3. The monoisotopic (exact) mass is 469 g/mol. The molecule has 1 aliphatic heterocycles. The Bertz CT molecular complexity index is 1220. The molecular formula is C25H29F2N5O2. The van der Waals surface area contributed by atoms with Crippen LogP contribution in [0.4, 0.5) is 14.5 Å². The first-order chi connectivity index (χ1) is 16.4. The third-order valence-electron chi connectivity index (χ3n) is 6.27. The Morgan fingerprint density at radius 2 is 2.03 bits per heavy atom. The van der Waals surface area contributed by atoms with Crippen molar-refractivity contribution in [1.82, 2.24) is 19.6 Å². The molecule has 0 radical (unpaired) electrons. The number of alkyl halides is 1. The number of piperidine rings is 1. The summed E-state index contributed by atoms with van der Waals surface area (Å²) >= 11 is 0. The van der Waals surface area contributed by atoms with Crippen LogP contribution in [0, 0.1) is 12.7 Å². The van der Waals surface area contributed by atoms with Gasteiger partial charge in [-0.05, 0) is 30.7 Å². The highest BCUT2D eigenvalue weighted by atomic mass is 19.1. The fourth-order valence-electron chi connectivity index (χ4n) is 4.36. The van der Waals surface area contributed by atoms with E-state index in [1.54, 1.807) is 56.1 Å². The molecule has 4 rings (SSSR count). The van der Waals surface area contributed by atoms with Crippen LogP contribution < -0.4 is 5.32 Å². The largest absolute Gasteiger partial charge is 0.383 e. The maximum absolute atomic E-state index is 15.8. The predicted molar refractivity (Wildman–Crippen MR) is 128 cm³/mol. The van der Waals surface area contributed by atoms with Gasteiger partial charge >= 0.3 is 0 Å². The van der Waals surface area contributed by atoms with E-state index in [4.69, 9.17) is 4.74 Å². The van der Waals surface area contributed by atoms with Gasteiger partial charge < -0.3 is 19.4 Å². The zero-order valence-corrected chi connectivity index (χ0v) is 19.6. The van der Waals surface area contributed by atoms with Crippen LogP contribution in [0.5, 0.6) is 0 Å². The van der Waals surface area contributed by atoms with Crippen molar-refractivity contribution in [3.63, 3.8) is 0 Å². The maximum atomic E-state index is 15.8. The highest BCUT2D eigenvalue weighted by Crippen LogP contribution is 2.32. The van der Waals surface area contributed by atoms with Crippen molar-refractivity contribution in [1.29, 1.82) is 0 Å². The molecule has 3 heterocycles. The molecule has 1 aromatic carbocycles. The van der Waals surface area contributed by atoms with Gasteiger partial charge in [0.05, 0.1) is 18.0 Å². The molecule has 0 unspecified atom stereocenters. The van der Waals surface area contributed by atoms with Gasteiger partial charge in [0.1, 0.15) is 5.84 Å². The smallest absolute Gasteiger partial charge is 0.173 e. The molecule has 34 heavy (non-hydrogen) atoms. The topological polar surface area (TPSA) is 71.2 Å². The first-order valence-corrected chi connectivity index (χ1v) is 11.3. The third-order valence-corrected chi connectivity index (χ3v) is 6.27. The number of nitrogens with zero attached hydrogens (tertiary/aromatic N) is 4. The standard InChI is InChI=1S/C25H29F2N5O2/c1-17-14-32-15-19(13-21(26)23(32)29-17)18-4-5-22(20(12-18)16-33)30-24(28-2)25(27)6-8-31(9-7-25)10-11-34-3/h4-5,12-16H,6-11H2,1-3H3,(H,28,30). The lowest BCUT2D eigenvalue weighted by atomic mass is 9.91. The summed E-state index contributed by atoms with van der Waals surface area (Å²) in [7, 11) is 3.29. The molecule has 0 aliphatic carbocycles. The first kappa shape index (κ1) is 24.0. The number of aromatic nitrogens is 2. The van der Waals surface area contributed by atoms with Crippen LogP contribution in [-0.4, -0.2) is 72.5 Å². The van der Waals surface area contributed by atoms with E-state index in [9.17, 15) is 9.18 Å². The molecule has 0 bridgehead atoms. The zero-order chi connectivity index (χ0) is 24.3. The van der Waals surface area contributed by atoms with Crippen molar-refractivity contribution < 1.29 is 18.3 Å². The Morgan fingerprint density at radius 1 is 1.26 bits per heavy atom. The minimum Gasteiger partial charge on any atom is -0.383 e. The van der Waals surface area contributed by atoms with Crippen molar-refractivity contribution in [2.45, 2.75) is 25.4 Å². The van der Waals surface area contributed by atoms with Crippen molar-refractivity contribution in [3.05, 3.63) is 53.7 Å². The summed E-state index contributed by atoms with van der Waals surface area (Å²) in [5.74, 6) is -0.245. The van der Waals surface area contributed by atoms with Crippen LogP contribution in [0.2, 0.25) is 0 Å². The normalized spacial score (nSPS) is 16.7. The summed E-state index contributed by atoms with van der Waals surface area (Å²) < 4.78 is 37.1. The van der Waals surface area contributed by atoms with E-state index >= 15 is 4.39 Å². The number of methoxy groups -OCH3 is 1. The summed E-state index contributed by atoms with van der Waals surface area (Å²) in [6.07, 6.45) is 4.78. The van der Waals surface area contributed by atoms with Crippen molar-refractivity contribution in [2.75, 3.05) is 40.4 Å². The van der Waals surface area contributed by atoms with E-state index < -0.39 is 11.5 Å². The fraction of sp³-hybridized carbons (Fsp3) is 0.400. The van der Waals surface area contributed by atoms with E-state index in [1.165, 1.54) is 6.07 Å². The molecule has 0 spiro atoms. The van der Waals surface area contributed by atoms with Gasteiger partial charge in [0, 0.05) is 70.2 Å². The number of amidine groups is 1. The minimum atomic E-state index is -1.61. The van der Waals surface area contributed by atoms with E-state index in [2.05, 4.69) is 20.2 Å². The number of fused-ring (bicyclic) bond motifs is 1. The molecule has 0 atom stereocenters. The molecule has 180 valence electrons. The van der Waals surface area contributed by atoms with Crippen LogP contribution >= 0.6 is 0 Å². The number of carbonyl (C=O) groups is 1. The van der Waals surface area contributed by atoms with Gasteiger partial charge in [0.15, 0.2) is 23.4 Å². The van der Waals surface area contributed by atoms with Gasteiger partial charge in [-0.15, -0.1) is 0 Å². The Hall–Kier alpha value is -3.17. The predicted octanol–water partition coefficient (Wildman–Crippen LogP) is 3.96. The van der Waals surface area contributed by atoms with E-state index in [-0.39, 0.29) is 11.5 Å². The second-order valence-electron chi connectivity index (χ2n) is 8.59. The number of aliphatic imine (C=N–C) groups is 1. The number of likely N-dealkylation sites (tertiary alicyclic amines) is 1. The van der Waals surface area contributed by atoms with Crippen LogP contribution in [-0.2, 0) is 4.74 Å².